The standard InChI is InChI=1S/C11H11FN4O/c1-6-10(7(2)16-15-6)11(17)14-8-3-4-9(12)13-5-8/h3-5H,1-2H3,(H,14,17)(H,15,16). The molecule has 5 nitrogen and oxygen atoms in total. The topological polar surface area (TPSA) is 70.7 Å². The molecule has 0 unspecified atom stereocenters. The normalized spacial score (nSPS) is 10.3. The van der Waals surface area contributed by atoms with E-state index in [0.717, 1.165) is 0 Å². The van der Waals surface area contributed by atoms with Crippen molar-refractivity contribution in [1.29, 1.82) is 0 Å². The highest BCUT2D eigenvalue weighted by molar-refractivity contribution is 6.05. The van der Waals surface area contributed by atoms with Crippen molar-refractivity contribution in [3.8, 4) is 0 Å². The van der Waals surface area contributed by atoms with Crippen molar-refractivity contribution in [3.63, 3.8) is 0 Å². The van der Waals surface area contributed by atoms with E-state index in [-0.39, 0.29) is 5.91 Å². The zero-order chi connectivity index (χ0) is 12.4. The van der Waals surface area contributed by atoms with Crippen molar-refractivity contribution in [1.82, 2.24) is 15.2 Å². The number of anilines is 1. The van der Waals surface area contributed by atoms with E-state index in [9.17, 15) is 9.18 Å². The molecule has 2 N–H and O–H groups in total. The molecule has 0 saturated heterocycles. The molecule has 2 rings (SSSR count). The number of amides is 1. The number of nitrogens with one attached hydrogen (secondary N) is 2. The number of aromatic amines is 1. The van der Waals surface area contributed by atoms with Crippen LogP contribution in [0.2, 0.25) is 0 Å². The van der Waals surface area contributed by atoms with Crippen LogP contribution in [0.3, 0.4) is 0 Å². The molecule has 17 heavy (non-hydrogen) atoms. The van der Waals surface area contributed by atoms with E-state index in [1.54, 1.807) is 13.8 Å². The number of carbonyl (C=O) groups is 1. The fourth-order valence-corrected chi connectivity index (χ4v) is 1.53. The van der Waals surface area contributed by atoms with Gasteiger partial charge >= 0.3 is 0 Å². The van der Waals surface area contributed by atoms with Crippen LogP contribution in [-0.4, -0.2) is 21.1 Å². The lowest BCUT2D eigenvalue weighted by Gasteiger charge is -2.04. The van der Waals surface area contributed by atoms with Crippen molar-refractivity contribution in [2.45, 2.75) is 13.8 Å². The molecule has 0 aliphatic rings. The Kier molecular flexibility index (Phi) is 2.86. The SMILES string of the molecule is Cc1n[nH]c(C)c1C(=O)Nc1ccc(F)nc1. The summed E-state index contributed by atoms with van der Waals surface area (Å²) < 4.78 is 12.6. The maximum Gasteiger partial charge on any atom is 0.259 e. The number of aromatic nitrogens is 3. The molecular formula is C11H11FN4O. The molecule has 2 heterocycles. The van der Waals surface area contributed by atoms with Crippen LogP contribution in [0.25, 0.3) is 0 Å². The van der Waals surface area contributed by atoms with Crippen molar-refractivity contribution in [2.75, 3.05) is 5.32 Å². The van der Waals surface area contributed by atoms with Gasteiger partial charge in [-0.3, -0.25) is 9.89 Å². The third-order valence-electron chi connectivity index (χ3n) is 2.34. The summed E-state index contributed by atoms with van der Waals surface area (Å²) in [6.45, 7) is 3.50. The van der Waals surface area contributed by atoms with E-state index in [2.05, 4.69) is 20.5 Å². The van der Waals surface area contributed by atoms with Gasteiger partial charge in [0.2, 0.25) is 5.95 Å². The first-order valence-corrected chi connectivity index (χ1v) is 5.02. The van der Waals surface area contributed by atoms with Gasteiger partial charge in [-0.1, -0.05) is 0 Å². The summed E-state index contributed by atoms with van der Waals surface area (Å²) in [5.74, 6) is -0.874. The van der Waals surface area contributed by atoms with Crippen molar-refractivity contribution in [2.24, 2.45) is 0 Å². The van der Waals surface area contributed by atoms with E-state index in [1.807, 2.05) is 0 Å². The molecule has 0 spiro atoms. The van der Waals surface area contributed by atoms with Gasteiger partial charge in [-0.25, -0.2) is 4.98 Å². The number of hydrogen-bond acceptors (Lipinski definition) is 3. The molecule has 1 amide bonds. The van der Waals surface area contributed by atoms with E-state index in [0.29, 0.717) is 22.6 Å². The molecule has 0 radical (unpaired) electrons. The number of H-pyrrole nitrogens is 1. The summed E-state index contributed by atoms with van der Waals surface area (Å²) in [7, 11) is 0. The quantitative estimate of drug-likeness (QED) is 0.778. The first-order chi connectivity index (χ1) is 8.08. The summed E-state index contributed by atoms with van der Waals surface area (Å²) in [5.41, 5.74) is 2.25. The number of aryl methyl sites for hydroxylation is 2. The van der Waals surface area contributed by atoms with E-state index in [1.165, 1.54) is 18.3 Å². The highest BCUT2D eigenvalue weighted by Gasteiger charge is 2.15. The fraction of sp³-hybridized carbons (Fsp3) is 0.182. The predicted molar refractivity (Wildman–Crippen MR) is 60.2 cm³/mol. The second-order valence-corrected chi connectivity index (χ2v) is 3.63. The van der Waals surface area contributed by atoms with Crippen molar-refractivity contribution < 1.29 is 9.18 Å². The fourth-order valence-electron chi connectivity index (χ4n) is 1.53. The minimum atomic E-state index is -0.585. The first-order valence-electron chi connectivity index (χ1n) is 5.02. The van der Waals surface area contributed by atoms with Gasteiger partial charge in [-0.15, -0.1) is 0 Å². The van der Waals surface area contributed by atoms with Gasteiger partial charge in [0.25, 0.3) is 5.91 Å². The maximum absolute atomic E-state index is 12.6. The van der Waals surface area contributed by atoms with Gasteiger partial charge in [0.15, 0.2) is 0 Å². The molecule has 0 atom stereocenters. The van der Waals surface area contributed by atoms with Gasteiger partial charge in [0.1, 0.15) is 0 Å². The number of halogens is 1. The van der Waals surface area contributed by atoms with Gasteiger partial charge in [0.05, 0.1) is 23.1 Å². The monoisotopic (exact) mass is 234 g/mol. The zero-order valence-electron chi connectivity index (χ0n) is 9.41. The Morgan fingerprint density at radius 1 is 1.41 bits per heavy atom. The van der Waals surface area contributed by atoms with Crippen LogP contribution in [0.5, 0.6) is 0 Å². The smallest absolute Gasteiger partial charge is 0.259 e. The Labute approximate surface area is 97.1 Å². The molecule has 0 aromatic carbocycles. The summed E-state index contributed by atoms with van der Waals surface area (Å²) in [6, 6.07) is 2.63. The Morgan fingerprint density at radius 2 is 2.18 bits per heavy atom. The maximum atomic E-state index is 12.6. The summed E-state index contributed by atoms with van der Waals surface area (Å²) >= 11 is 0. The lowest BCUT2D eigenvalue weighted by Crippen LogP contribution is -2.13. The van der Waals surface area contributed by atoms with Crippen molar-refractivity contribution >= 4 is 11.6 Å². The zero-order valence-corrected chi connectivity index (χ0v) is 9.41. The van der Waals surface area contributed by atoms with E-state index < -0.39 is 5.95 Å². The van der Waals surface area contributed by atoms with Gasteiger partial charge in [0, 0.05) is 5.69 Å². The minimum Gasteiger partial charge on any atom is -0.320 e. The second-order valence-electron chi connectivity index (χ2n) is 3.63. The van der Waals surface area contributed by atoms with Crippen LogP contribution < -0.4 is 5.32 Å². The second kappa shape index (κ2) is 4.32. The molecule has 0 aliphatic heterocycles. The molecule has 6 heteroatoms. The molecule has 2 aromatic heterocycles. The van der Waals surface area contributed by atoms with Gasteiger partial charge < -0.3 is 5.32 Å². The van der Waals surface area contributed by atoms with Crippen LogP contribution in [0.15, 0.2) is 18.3 Å². The molecule has 0 bridgehead atoms. The van der Waals surface area contributed by atoms with Crippen LogP contribution in [-0.2, 0) is 0 Å². The highest BCUT2D eigenvalue weighted by atomic mass is 19.1. The Bertz CT molecular complexity index is 528. The number of pyridine rings is 1. The average Bonchev–Trinajstić information content (AvgIpc) is 2.62. The van der Waals surface area contributed by atoms with Crippen LogP contribution in [0.1, 0.15) is 21.7 Å². The summed E-state index contributed by atoms with van der Waals surface area (Å²) in [4.78, 5) is 15.4. The molecule has 88 valence electrons. The number of hydrogen-bond donors (Lipinski definition) is 2. The van der Waals surface area contributed by atoms with E-state index >= 15 is 0 Å². The Hall–Kier alpha value is -2.24. The number of nitrogens with zero attached hydrogens (tertiary/aromatic N) is 2. The molecule has 0 fully saturated rings. The van der Waals surface area contributed by atoms with Gasteiger partial charge in [-0.2, -0.15) is 9.49 Å². The minimum absolute atomic E-state index is 0.290. The Balaban J connectivity index is 2.20. The molecule has 0 aliphatic carbocycles. The molecular weight excluding hydrogens is 223 g/mol. The highest BCUT2D eigenvalue weighted by Crippen LogP contribution is 2.13. The third-order valence-corrected chi connectivity index (χ3v) is 2.34. The van der Waals surface area contributed by atoms with Crippen molar-refractivity contribution in [3.05, 3.63) is 41.2 Å². The summed E-state index contributed by atoms with van der Waals surface area (Å²) in [5, 5.41) is 9.28. The lowest BCUT2D eigenvalue weighted by atomic mass is 10.2. The molecule has 2 aromatic rings. The predicted octanol–water partition coefficient (Wildman–Crippen LogP) is 1.81. The third kappa shape index (κ3) is 2.30. The van der Waals surface area contributed by atoms with E-state index in [4.69, 9.17) is 0 Å². The van der Waals surface area contributed by atoms with Gasteiger partial charge in [-0.05, 0) is 26.0 Å². The largest absolute Gasteiger partial charge is 0.320 e. The van der Waals surface area contributed by atoms with Crippen LogP contribution in [0, 0.1) is 19.8 Å². The lowest BCUT2D eigenvalue weighted by molar-refractivity contribution is 0.102. The van der Waals surface area contributed by atoms with Crippen LogP contribution in [0.4, 0.5) is 10.1 Å². The Morgan fingerprint density at radius 3 is 2.71 bits per heavy atom. The first kappa shape index (κ1) is 11.3. The van der Waals surface area contributed by atoms with Crippen LogP contribution >= 0.6 is 0 Å². The number of carbonyl (C=O) groups excluding carboxylic acids is 1. The molecule has 0 saturated carbocycles. The summed E-state index contributed by atoms with van der Waals surface area (Å²) in [6.07, 6.45) is 1.26. The average molecular weight is 234 g/mol. The number of rotatable bonds is 2.